The Morgan fingerprint density at radius 1 is 1.44 bits per heavy atom. The molecule has 0 aliphatic rings. The van der Waals surface area contributed by atoms with E-state index in [2.05, 4.69) is 15.4 Å². The lowest BCUT2D eigenvalue weighted by Gasteiger charge is -2.16. The van der Waals surface area contributed by atoms with Crippen molar-refractivity contribution in [3.05, 3.63) is 0 Å². The molecule has 7 heteroatoms. The molecule has 2 atom stereocenters. The molecule has 7 nitrogen and oxygen atoms in total. The molecular formula is C9H17N3O4. The van der Waals surface area contributed by atoms with E-state index in [9.17, 15) is 14.4 Å². The van der Waals surface area contributed by atoms with Crippen molar-refractivity contribution in [1.29, 1.82) is 0 Å². The third-order valence-corrected chi connectivity index (χ3v) is 1.93. The maximum Gasteiger partial charge on any atom is 0.294 e. The third kappa shape index (κ3) is 5.30. The van der Waals surface area contributed by atoms with Crippen LogP contribution < -0.4 is 16.4 Å². The molecule has 0 radical (unpaired) electrons. The number of hydrogen-bond acceptors (Lipinski definition) is 5. The summed E-state index contributed by atoms with van der Waals surface area (Å²) in [4.78, 5) is 32.4. The lowest BCUT2D eigenvalue weighted by Crippen LogP contribution is -2.50. The fourth-order valence-electron chi connectivity index (χ4n) is 0.871. The number of nitrogens with one attached hydrogen (secondary N) is 2. The number of nitrogens with two attached hydrogens (primary N) is 1. The van der Waals surface area contributed by atoms with E-state index >= 15 is 0 Å². The first-order valence-electron chi connectivity index (χ1n) is 4.91. The topological polar surface area (TPSA) is 111 Å². The highest BCUT2D eigenvalue weighted by molar-refractivity contribution is 5.89. The van der Waals surface area contributed by atoms with Crippen LogP contribution in [0.3, 0.4) is 0 Å². The Bertz CT molecular complexity index is 257. The minimum absolute atomic E-state index is 0.219. The summed E-state index contributed by atoms with van der Waals surface area (Å²) in [6.07, 6.45) is 0.494. The van der Waals surface area contributed by atoms with Gasteiger partial charge in [-0.25, -0.2) is 0 Å². The number of hydrogen-bond donors (Lipinski definition) is 3. The summed E-state index contributed by atoms with van der Waals surface area (Å²) in [6.45, 7) is 3.28. The molecule has 2 unspecified atom stereocenters. The first kappa shape index (κ1) is 14.4. The van der Waals surface area contributed by atoms with Gasteiger partial charge in [-0.05, 0) is 13.3 Å². The van der Waals surface area contributed by atoms with Crippen LogP contribution in [0.15, 0.2) is 0 Å². The summed E-state index contributed by atoms with van der Waals surface area (Å²) in [5, 5.41) is 4.74. The number of carbonyl (C=O) groups is 3. The fraction of sp³-hybridized carbons (Fsp3) is 0.667. The van der Waals surface area contributed by atoms with E-state index in [0.29, 0.717) is 6.42 Å². The Labute approximate surface area is 93.7 Å². The van der Waals surface area contributed by atoms with E-state index in [1.807, 2.05) is 0 Å². The molecule has 0 saturated heterocycles. The molecule has 0 aromatic heterocycles. The lowest BCUT2D eigenvalue weighted by atomic mass is 10.2. The van der Waals surface area contributed by atoms with Crippen molar-refractivity contribution < 1.29 is 19.1 Å². The van der Waals surface area contributed by atoms with E-state index in [-0.39, 0.29) is 19.1 Å². The molecule has 2 amide bonds. The van der Waals surface area contributed by atoms with Crippen molar-refractivity contribution in [2.45, 2.75) is 32.4 Å². The van der Waals surface area contributed by atoms with E-state index in [1.165, 1.54) is 6.92 Å². The van der Waals surface area contributed by atoms with Crippen LogP contribution in [-0.2, 0) is 19.1 Å². The molecule has 0 heterocycles. The van der Waals surface area contributed by atoms with Gasteiger partial charge in [0.1, 0.15) is 6.04 Å². The Hall–Kier alpha value is -1.63. The maximum atomic E-state index is 11.3. The summed E-state index contributed by atoms with van der Waals surface area (Å²) in [6, 6.07) is -1.35. The molecule has 0 aliphatic heterocycles. The molecule has 4 N–H and O–H groups in total. The second-order valence-corrected chi connectivity index (χ2v) is 3.19. The summed E-state index contributed by atoms with van der Waals surface area (Å²) >= 11 is 0. The van der Waals surface area contributed by atoms with Crippen LogP contribution in [-0.4, -0.2) is 37.1 Å². The first-order valence-corrected chi connectivity index (χ1v) is 4.91. The summed E-state index contributed by atoms with van der Waals surface area (Å²) in [7, 11) is 0. The standard InChI is InChI=1S/C9H17N3O4/c1-3-7(10)9(15)12-6(2)8(14)11-4-16-5-13/h5-7H,3-4,10H2,1-2H3,(H,11,14)(H,12,15). The monoisotopic (exact) mass is 231 g/mol. The number of amides is 2. The summed E-state index contributed by atoms with van der Waals surface area (Å²) < 4.78 is 4.28. The predicted molar refractivity (Wildman–Crippen MR) is 56.0 cm³/mol. The van der Waals surface area contributed by atoms with Crippen LogP contribution in [0.5, 0.6) is 0 Å². The van der Waals surface area contributed by atoms with Gasteiger partial charge in [0.05, 0.1) is 6.04 Å². The zero-order valence-corrected chi connectivity index (χ0v) is 9.36. The highest BCUT2D eigenvalue weighted by Gasteiger charge is 2.18. The van der Waals surface area contributed by atoms with Gasteiger partial charge in [-0.3, -0.25) is 14.4 Å². The van der Waals surface area contributed by atoms with Crippen LogP contribution in [0.25, 0.3) is 0 Å². The Balaban J connectivity index is 3.95. The van der Waals surface area contributed by atoms with Crippen molar-refractivity contribution >= 4 is 18.3 Å². The Morgan fingerprint density at radius 2 is 2.06 bits per heavy atom. The molecule has 0 aliphatic carbocycles. The average molecular weight is 231 g/mol. The van der Waals surface area contributed by atoms with Gasteiger partial charge < -0.3 is 21.1 Å². The van der Waals surface area contributed by atoms with Crippen molar-refractivity contribution in [2.75, 3.05) is 6.73 Å². The number of rotatable bonds is 7. The largest absolute Gasteiger partial charge is 0.447 e. The Morgan fingerprint density at radius 3 is 2.56 bits per heavy atom. The second kappa shape index (κ2) is 7.63. The second-order valence-electron chi connectivity index (χ2n) is 3.19. The molecule has 0 aromatic rings. The summed E-state index contributed by atoms with van der Waals surface area (Å²) in [5.74, 6) is -0.833. The molecule has 0 rings (SSSR count). The van der Waals surface area contributed by atoms with Gasteiger partial charge in [-0.1, -0.05) is 6.92 Å². The van der Waals surface area contributed by atoms with Crippen molar-refractivity contribution in [2.24, 2.45) is 5.73 Å². The minimum atomic E-state index is -0.722. The molecule has 0 spiro atoms. The van der Waals surface area contributed by atoms with Gasteiger partial charge in [0.2, 0.25) is 11.8 Å². The highest BCUT2D eigenvalue weighted by Crippen LogP contribution is 1.89. The van der Waals surface area contributed by atoms with Crippen LogP contribution in [0.1, 0.15) is 20.3 Å². The molecule has 0 saturated carbocycles. The van der Waals surface area contributed by atoms with Crippen LogP contribution in [0.4, 0.5) is 0 Å². The van der Waals surface area contributed by atoms with Crippen LogP contribution in [0.2, 0.25) is 0 Å². The zero-order valence-electron chi connectivity index (χ0n) is 9.36. The third-order valence-electron chi connectivity index (χ3n) is 1.93. The van der Waals surface area contributed by atoms with Gasteiger partial charge in [-0.15, -0.1) is 0 Å². The smallest absolute Gasteiger partial charge is 0.294 e. The van der Waals surface area contributed by atoms with Crippen molar-refractivity contribution in [1.82, 2.24) is 10.6 Å². The fourth-order valence-corrected chi connectivity index (χ4v) is 0.871. The van der Waals surface area contributed by atoms with E-state index in [4.69, 9.17) is 5.73 Å². The molecule has 16 heavy (non-hydrogen) atoms. The molecule has 0 aromatic carbocycles. The highest BCUT2D eigenvalue weighted by atomic mass is 16.5. The Kier molecular flexibility index (Phi) is 6.86. The van der Waals surface area contributed by atoms with Crippen LogP contribution in [0, 0.1) is 0 Å². The predicted octanol–water partition coefficient (Wildman–Crippen LogP) is -1.52. The number of ether oxygens (including phenoxy) is 1. The SMILES string of the molecule is CCC(N)C(=O)NC(C)C(=O)NCOC=O. The van der Waals surface area contributed by atoms with Gasteiger partial charge in [-0.2, -0.15) is 0 Å². The van der Waals surface area contributed by atoms with Crippen molar-refractivity contribution in [3.8, 4) is 0 Å². The number of carbonyl (C=O) groups excluding carboxylic acids is 3. The zero-order chi connectivity index (χ0) is 12.6. The minimum Gasteiger partial charge on any atom is -0.447 e. The molecule has 0 fully saturated rings. The van der Waals surface area contributed by atoms with E-state index < -0.39 is 18.0 Å². The van der Waals surface area contributed by atoms with Gasteiger partial charge in [0, 0.05) is 0 Å². The molecule has 0 bridgehead atoms. The first-order chi connectivity index (χ1) is 7.52. The van der Waals surface area contributed by atoms with Gasteiger partial charge in [0.15, 0.2) is 6.73 Å². The quantitative estimate of drug-likeness (QED) is 0.280. The summed E-state index contributed by atoms with van der Waals surface area (Å²) in [5.41, 5.74) is 5.47. The maximum absolute atomic E-state index is 11.3. The van der Waals surface area contributed by atoms with Gasteiger partial charge in [0.25, 0.3) is 6.47 Å². The van der Waals surface area contributed by atoms with Gasteiger partial charge >= 0.3 is 0 Å². The molecular weight excluding hydrogens is 214 g/mol. The van der Waals surface area contributed by atoms with Crippen LogP contribution >= 0.6 is 0 Å². The van der Waals surface area contributed by atoms with Crippen molar-refractivity contribution in [3.63, 3.8) is 0 Å². The lowest BCUT2D eigenvalue weighted by molar-refractivity contribution is -0.134. The molecule has 92 valence electrons. The normalized spacial score (nSPS) is 13.4. The van der Waals surface area contributed by atoms with E-state index in [1.54, 1.807) is 6.92 Å². The average Bonchev–Trinajstić information content (AvgIpc) is 2.27. The van der Waals surface area contributed by atoms with E-state index in [0.717, 1.165) is 0 Å².